The van der Waals surface area contributed by atoms with Gasteiger partial charge in [-0.15, -0.1) is 11.3 Å². The molecule has 1 amide bonds. The summed E-state index contributed by atoms with van der Waals surface area (Å²) >= 11 is 1.55. The Labute approximate surface area is 135 Å². The fraction of sp³-hybridized carbons (Fsp3) is 0.353. The van der Waals surface area contributed by atoms with Gasteiger partial charge in [0, 0.05) is 25.0 Å². The highest BCUT2D eigenvalue weighted by Crippen LogP contribution is 2.32. The van der Waals surface area contributed by atoms with E-state index in [-0.39, 0.29) is 5.91 Å². The third-order valence-corrected chi connectivity index (χ3v) is 4.61. The molecule has 0 saturated carbocycles. The van der Waals surface area contributed by atoms with Crippen LogP contribution >= 0.6 is 11.3 Å². The van der Waals surface area contributed by atoms with Crippen molar-refractivity contribution in [2.24, 2.45) is 0 Å². The molecule has 0 aliphatic rings. The molecule has 1 aromatic carbocycles. The highest BCUT2D eigenvalue weighted by atomic mass is 32.1. The maximum Gasteiger partial charge on any atom is 0.263 e. The minimum absolute atomic E-state index is 0.0723. The number of nitrogens with one attached hydrogen (secondary N) is 1. The number of ether oxygens (including phenoxy) is 1. The number of rotatable bonds is 6. The molecule has 4 nitrogen and oxygen atoms in total. The lowest BCUT2D eigenvalue weighted by Gasteiger charge is -2.15. The minimum Gasteiger partial charge on any atom is -0.497 e. The second-order valence-electron chi connectivity index (χ2n) is 5.14. The number of methoxy groups -OCH3 is 1. The Balaban J connectivity index is 2.21. The molecule has 1 heterocycles. The largest absolute Gasteiger partial charge is 0.497 e. The van der Waals surface area contributed by atoms with Crippen molar-refractivity contribution in [3.8, 4) is 16.9 Å². The first kappa shape index (κ1) is 16.5. The summed E-state index contributed by atoms with van der Waals surface area (Å²) in [6.07, 6.45) is 0. The zero-order chi connectivity index (χ0) is 16.1. The number of likely N-dealkylation sites (N-methyl/N-ethyl adjacent to an activating group) is 2. The van der Waals surface area contributed by atoms with Crippen molar-refractivity contribution in [3.05, 3.63) is 40.1 Å². The van der Waals surface area contributed by atoms with E-state index in [1.165, 1.54) is 0 Å². The fourth-order valence-electron chi connectivity index (χ4n) is 2.21. The number of hydrogen-bond donors (Lipinski definition) is 1. The van der Waals surface area contributed by atoms with Crippen LogP contribution in [0.25, 0.3) is 11.1 Å². The van der Waals surface area contributed by atoms with Crippen molar-refractivity contribution >= 4 is 17.2 Å². The molecule has 0 aliphatic carbocycles. The van der Waals surface area contributed by atoms with Gasteiger partial charge in [-0.1, -0.05) is 12.1 Å². The average Bonchev–Trinajstić information content (AvgIpc) is 2.93. The van der Waals surface area contributed by atoms with Crippen molar-refractivity contribution in [3.63, 3.8) is 0 Å². The second kappa shape index (κ2) is 7.42. The van der Waals surface area contributed by atoms with Crippen LogP contribution in [0.2, 0.25) is 0 Å². The third-order valence-electron chi connectivity index (χ3n) is 3.57. The van der Waals surface area contributed by atoms with Gasteiger partial charge in [0.05, 0.1) is 12.0 Å². The van der Waals surface area contributed by atoms with E-state index in [4.69, 9.17) is 4.74 Å². The Morgan fingerprint density at radius 1 is 1.32 bits per heavy atom. The topological polar surface area (TPSA) is 41.6 Å². The lowest BCUT2D eigenvalue weighted by atomic mass is 10.1. The summed E-state index contributed by atoms with van der Waals surface area (Å²) in [5.41, 5.74) is 2.21. The maximum absolute atomic E-state index is 12.4. The van der Waals surface area contributed by atoms with Gasteiger partial charge in [-0.2, -0.15) is 0 Å². The van der Waals surface area contributed by atoms with E-state index < -0.39 is 0 Å². The van der Waals surface area contributed by atoms with Crippen LogP contribution in [-0.2, 0) is 0 Å². The quantitative estimate of drug-likeness (QED) is 0.890. The summed E-state index contributed by atoms with van der Waals surface area (Å²) in [6, 6.07) is 9.90. The maximum atomic E-state index is 12.4. The first-order chi connectivity index (χ1) is 10.6. The van der Waals surface area contributed by atoms with E-state index in [0.29, 0.717) is 6.54 Å². The van der Waals surface area contributed by atoms with Gasteiger partial charge in [-0.05, 0) is 43.3 Å². The summed E-state index contributed by atoms with van der Waals surface area (Å²) in [6.45, 7) is 3.54. The second-order valence-corrected chi connectivity index (χ2v) is 6.40. The smallest absolute Gasteiger partial charge is 0.263 e. The van der Waals surface area contributed by atoms with Gasteiger partial charge < -0.3 is 15.0 Å². The minimum atomic E-state index is 0.0723. The van der Waals surface area contributed by atoms with Gasteiger partial charge in [-0.25, -0.2) is 0 Å². The van der Waals surface area contributed by atoms with Gasteiger partial charge >= 0.3 is 0 Å². The zero-order valence-electron chi connectivity index (χ0n) is 13.5. The molecule has 0 fully saturated rings. The van der Waals surface area contributed by atoms with Crippen LogP contribution in [0, 0.1) is 6.92 Å². The predicted octanol–water partition coefficient (Wildman–Crippen LogP) is 3.02. The van der Waals surface area contributed by atoms with Crippen molar-refractivity contribution < 1.29 is 9.53 Å². The molecule has 0 aliphatic heterocycles. The van der Waals surface area contributed by atoms with Crippen LogP contribution in [0.1, 0.15) is 14.5 Å². The van der Waals surface area contributed by atoms with Crippen molar-refractivity contribution in [2.75, 3.05) is 34.3 Å². The van der Waals surface area contributed by atoms with Gasteiger partial charge in [0.25, 0.3) is 5.91 Å². The van der Waals surface area contributed by atoms with Crippen molar-refractivity contribution in [1.29, 1.82) is 0 Å². The van der Waals surface area contributed by atoms with Crippen LogP contribution < -0.4 is 10.1 Å². The molecule has 0 radical (unpaired) electrons. The first-order valence-corrected chi connectivity index (χ1v) is 8.03. The third kappa shape index (κ3) is 3.67. The molecule has 0 spiro atoms. The van der Waals surface area contributed by atoms with E-state index >= 15 is 0 Å². The number of thiophene rings is 1. The Bertz CT molecular complexity index is 635. The van der Waals surface area contributed by atoms with Crippen molar-refractivity contribution in [2.45, 2.75) is 6.92 Å². The normalized spacial score (nSPS) is 10.5. The predicted molar refractivity (Wildman–Crippen MR) is 91.9 cm³/mol. The van der Waals surface area contributed by atoms with E-state index in [9.17, 15) is 4.79 Å². The van der Waals surface area contributed by atoms with Crippen molar-refractivity contribution in [1.82, 2.24) is 10.2 Å². The molecule has 0 bridgehead atoms. The van der Waals surface area contributed by atoms with Crippen LogP contribution in [0.3, 0.4) is 0 Å². The molecule has 1 aromatic heterocycles. The number of nitrogens with zero attached hydrogens (tertiary/aromatic N) is 1. The molecule has 1 N–H and O–H groups in total. The lowest BCUT2D eigenvalue weighted by molar-refractivity contribution is 0.0801. The van der Waals surface area contributed by atoms with E-state index in [1.54, 1.807) is 23.3 Å². The van der Waals surface area contributed by atoms with Gasteiger partial charge in [0.2, 0.25) is 0 Å². The molecule has 0 saturated heterocycles. The number of amides is 1. The molecule has 118 valence electrons. The summed E-state index contributed by atoms with van der Waals surface area (Å²) < 4.78 is 5.18. The highest BCUT2D eigenvalue weighted by molar-refractivity contribution is 7.14. The molecule has 0 unspecified atom stereocenters. The van der Waals surface area contributed by atoms with Crippen LogP contribution in [-0.4, -0.2) is 45.1 Å². The Morgan fingerprint density at radius 3 is 2.59 bits per heavy atom. The number of carbonyl (C=O) groups excluding carboxylic acids is 1. The Hall–Kier alpha value is -1.85. The molecule has 5 heteroatoms. The van der Waals surface area contributed by atoms with Gasteiger partial charge in [-0.3, -0.25) is 4.79 Å². The molecule has 2 aromatic rings. The highest BCUT2D eigenvalue weighted by Gasteiger charge is 2.16. The Kier molecular flexibility index (Phi) is 5.57. The van der Waals surface area contributed by atoms with E-state index in [2.05, 4.69) is 12.2 Å². The molecular formula is C17H22N2O2S. The molecule has 22 heavy (non-hydrogen) atoms. The number of carbonyl (C=O) groups is 1. The fourth-order valence-corrected chi connectivity index (χ4v) is 3.25. The molecule has 2 rings (SSSR count). The molecular weight excluding hydrogens is 296 g/mol. The number of benzene rings is 1. The van der Waals surface area contributed by atoms with E-state index in [1.807, 2.05) is 44.4 Å². The van der Waals surface area contributed by atoms with Crippen LogP contribution in [0.15, 0.2) is 30.3 Å². The summed E-state index contributed by atoms with van der Waals surface area (Å²) in [4.78, 5) is 16.1. The summed E-state index contributed by atoms with van der Waals surface area (Å²) in [5, 5.41) is 3.06. The van der Waals surface area contributed by atoms with Crippen LogP contribution in [0.4, 0.5) is 0 Å². The molecule has 0 atom stereocenters. The summed E-state index contributed by atoms with van der Waals surface area (Å²) in [5.74, 6) is 0.905. The van der Waals surface area contributed by atoms with Crippen LogP contribution in [0.5, 0.6) is 5.75 Å². The van der Waals surface area contributed by atoms with Gasteiger partial charge in [0.1, 0.15) is 5.75 Å². The number of aryl methyl sites for hydroxylation is 1. The van der Waals surface area contributed by atoms with Gasteiger partial charge in [0.15, 0.2) is 0 Å². The monoisotopic (exact) mass is 318 g/mol. The SMILES string of the molecule is CNCCN(C)C(=O)c1cc(-c2ccc(OC)cc2)c(C)s1. The first-order valence-electron chi connectivity index (χ1n) is 7.21. The zero-order valence-corrected chi connectivity index (χ0v) is 14.3. The number of hydrogen-bond acceptors (Lipinski definition) is 4. The summed E-state index contributed by atoms with van der Waals surface area (Å²) in [7, 11) is 5.37. The van der Waals surface area contributed by atoms with E-state index in [0.717, 1.165) is 33.2 Å². The lowest BCUT2D eigenvalue weighted by Crippen LogP contribution is -2.32. The standard InChI is InChI=1S/C17H22N2O2S/c1-12-15(13-5-7-14(21-4)8-6-13)11-16(22-12)17(20)19(3)10-9-18-2/h5-8,11,18H,9-10H2,1-4H3. The average molecular weight is 318 g/mol. The Morgan fingerprint density at radius 2 is 2.00 bits per heavy atom.